The first-order valence-electron chi connectivity index (χ1n) is 6.54. The number of hydrogen-bond acceptors (Lipinski definition) is 3. The van der Waals surface area contributed by atoms with Crippen molar-refractivity contribution < 1.29 is 4.74 Å². The second-order valence-electron chi connectivity index (χ2n) is 4.83. The summed E-state index contributed by atoms with van der Waals surface area (Å²) in [6.07, 6.45) is 1.55. The third-order valence-electron chi connectivity index (χ3n) is 3.30. The molecule has 0 N–H and O–H groups in total. The van der Waals surface area contributed by atoms with Crippen LogP contribution in [0.2, 0.25) is 10.0 Å². The van der Waals surface area contributed by atoms with Crippen molar-refractivity contribution in [2.75, 3.05) is 44.7 Å². The minimum Gasteiger partial charge on any atom is -0.489 e. The molecule has 0 aromatic heterocycles. The minimum atomic E-state index is 0.168. The first-order chi connectivity index (χ1) is 9.97. The maximum atomic E-state index is 6.36. The van der Waals surface area contributed by atoms with E-state index in [-0.39, 0.29) is 11.1 Å². The van der Waals surface area contributed by atoms with Gasteiger partial charge in [-0.2, -0.15) is 0 Å². The summed E-state index contributed by atoms with van der Waals surface area (Å²) < 4.78 is 5.66. The van der Waals surface area contributed by atoms with Gasteiger partial charge in [0, 0.05) is 38.3 Å². The molecule has 1 aromatic carbocycles. The van der Waals surface area contributed by atoms with E-state index >= 15 is 0 Å². The van der Waals surface area contributed by atoms with E-state index in [0.717, 1.165) is 31.9 Å². The van der Waals surface area contributed by atoms with Crippen LogP contribution in [0.3, 0.4) is 0 Å². The number of benzene rings is 1. The maximum Gasteiger partial charge on any atom is 0.122 e. The van der Waals surface area contributed by atoms with E-state index in [0.29, 0.717) is 15.8 Å². The molecule has 0 aliphatic carbocycles. The Hall–Kier alpha value is -0.320. The van der Waals surface area contributed by atoms with Crippen molar-refractivity contribution >= 4 is 52.1 Å². The van der Waals surface area contributed by atoms with E-state index in [1.54, 1.807) is 18.2 Å². The predicted molar refractivity (Wildman–Crippen MR) is 91.5 cm³/mol. The number of nitrogens with zero attached hydrogens (tertiary/aromatic N) is 2. The maximum absolute atomic E-state index is 6.36. The van der Waals surface area contributed by atoms with Gasteiger partial charge in [0.25, 0.3) is 0 Å². The van der Waals surface area contributed by atoms with Gasteiger partial charge in [0.1, 0.15) is 16.8 Å². The fourth-order valence-electron chi connectivity index (χ4n) is 2.16. The molecule has 21 heavy (non-hydrogen) atoms. The van der Waals surface area contributed by atoms with Crippen molar-refractivity contribution in [3.63, 3.8) is 0 Å². The van der Waals surface area contributed by atoms with Crippen LogP contribution < -0.4 is 9.64 Å². The largest absolute Gasteiger partial charge is 0.489 e. The van der Waals surface area contributed by atoms with Crippen molar-refractivity contribution in [2.45, 2.75) is 0 Å². The molecule has 1 aliphatic heterocycles. The molecule has 1 aliphatic rings. The highest BCUT2D eigenvalue weighted by molar-refractivity contribution is 6.55. The molecule has 0 spiro atoms. The summed E-state index contributed by atoms with van der Waals surface area (Å²) in [6, 6.07) is 3.52. The lowest BCUT2D eigenvalue weighted by atomic mass is 10.2. The SMILES string of the molecule is CN1CCN(c2c(Cl)cc(OCC=C(Cl)Cl)cc2Cl)CC1. The van der Waals surface area contributed by atoms with Gasteiger partial charge in [0.15, 0.2) is 0 Å². The van der Waals surface area contributed by atoms with E-state index in [4.69, 9.17) is 51.1 Å². The molecule has 0 bridgehead atoms. The molecule has 0 atom stereocenters. The van der Waals surface area contributed by atoms with Gasteiger partial charge >= 0.3 is 0 Å². The minimum absolute atomic E-state index is 0.168. The van der Waals surface area contributed by atoms with E-state index in [2.05, 4.69) is 16.8 Å². The van der Waals surface area contributed by atoms with Gasteiger partial charge in [-0.15, -0.1) is 0 Å². The van der Waals surface area contributed by atoms with Crippen LogP contribution >= 0.6 is 46.4 Å². The fourth-order valence-corrected chi connectivity index (χ4v) is 2.99. The number of likely N-dealkylation sites (N-methyl/N-ethyl adjacent to an activating group) is 1. The molecule has 7 heteroatoms. The van der Waals surface area contributed by atoms with Crippen molar-refractivity contribution in [2.24, 2.45) is 0 Å². The third kappa shape index (κ3) is 4.83. The average Bonchev–Trinajstić information content (AvgIpc) is 2.40. The van der Waals surface area contributed by atoms with Crippen LogP contribution in [0.4, 0.5) is 5.69 Å². The molecule has 1 fully saturated rings. The van der Waals surface area contributed by atoms with E-state index < -0.39 is 0 Å². The number of anilines is 1. The lowest BCUT2D eigenvalue weighted by molar-refractivity contribution is 0.313. The summed E-state index contributed by atoms with van der Waals surface area (Å²) >= 11 is 23.8. The monoisotopic (exact) mass is 368 g/mol. The summed E-state index contributed by atoms with van der Waals surface area (Å²) in [6.45, 7) is 4.05. The van der Waals surface area contributed by atoms with Gasteiger partial charge in [0.2, 0.25) is 0 Å². The molecule has 3 nitrogen and oxygen atoms in total. The van der Waals surface area contributed by atoms with Crippen molar-refractivity contribution in [1.82, 2.24) is 4.90 Å². The van der Waals surface area contributed by atoms with Crippen LogP contribution in [0.25, 0.3) is 0 Å². The van der Waals surface area contributed by atoms with Crippen molar-refractivity contribution in [3.05, 3.63) is 32.7 Å². The number of rotatable bonds is 4. The van der Waals surface area contributed by atoms with Crippen LogP contribution in [-0.2, 0) is 0 Å². The topological polar surface area (TPSA) is 15.7 Å². The zero-order chi connectivity index (χ0) is 15.4. The van der Waals surface area contributed by atoms with Crippen molar-refractivity contribution in [3.8, 4) is 5.75 Å². The van der Waals surface area contributed by atoms with E-state index in [1.165, 1.54) is 0 Å². The molecule has 0 saturated carbocycles. The summed E-state index contributed by atoms with van der Waals surface area (Å²) in [5.74, 6) is 0.591. The Morgan fingerprint density at radius 2 is 1.71 bits per heavy atom. The second-order valence-corrected chi connectivity index (χ2v) is 6.65. The molecule has 1 aromatic rings. The Kier molecular flexibility index (Phi) is 6.33. The molecule has 0 radical (unpaired) electrons. The molecular weight excluding hydrogens is 354 g/mol. The van der Waals surface area contributed by atoms with Crippen LogP contribution in [0.1, 0.15) is 0 Å². The molecular formula is C14H16Cl4N2O. The lowest BCUT2D eigenvalue weighted by Crippen LogP contribution is -2.44. The van der Waals surface area contributed by atoms with Crippen molar-refractivity contribution in [1.29, 1.82) is 0 Å². The standard InChI is InChI=1S/C14H16Cl4N2O/c1-19-3-5-20(6-4-19)14-11(15)8-10(9-12(14)16)21-7-2-13(17)18/h2,8-9H,3-7H2,1H3. The predicted octanol–water partition coefficient (Wildman–Crippen LogP) is 4.44. The number of piperazine rings is 1. The fraction of sp³-hybridized carbons (Fsp3) is 0.429. The third-order valence-corrected chi connectivity index (χ3v) is 4.18. The Labute approximate surface area is 145 Å². The highest BCUT2D eigenvalue weighted by Gasteiger charge is 2.20. The molecule has 116 valence electrons. The normalized spacial score (nSPS) is 16.0. The summed E-state index contributed by atoms with van der Waals surface area (Å²) in [5.41, 5.74) is 0.865. The van der Waals surface area contributed by atoms with Gasteiger partial charge < -0.3 is 14.5 Å². The second kappa shape index (κ2) is 7.80. The number of hydrogen-bond donors (Lipinski definition) is 0. The summed E-state index contributed by atoms with van der Waals surface area (Å²) in [7, 11) is 2.10. The van der Waals surface area contributed by atoms with Gasteiger partial charge in [-0.1, -0.05) is 46.4 Å². The van der Waals surface area contributed by atoms with Gasteiger partial charge in [-0.25, -0.2) is 0 Å². The van der Waals surface area contributed by atoms with E-state index in [9.17, 15) is 0 Å². The highest BCUT2D eigenvalue weighted by atomic mass is 35.5. The van der Waals surface area contributed by atoms with Gasteiger partial charge in [0.05, 0.1) is 15.7 Å². The first-order valence-corrected chi connectivity index (χ1v) is 8.05. The highest BCUT2D eigenvalue weighted by Crippen LogP contribution is 2.38. The molecule has 2 rings (SSSR count). The Morgan fingerprint density at radius 1 is 1.14 bits per heavy atom. The smallest absolute Gasteiger partial charge is 0.122 e. The lowest BCUT2D eigenvalue weighted by Gasteiger charge is -2.35. The average molecular weight is 370 g/mol. The Bertz CT molecular complexity index is 501. The zero-order valence-electron chi connectivity index (χ0n) is 11.6. The first kappa shape index (κ1) is 17.0. The number of halogens is 4. The van der Waals surface area contributed by atoms with Crippen LogP contribution in [0, 0.1) is 0 Å². The molecule has 1 heterocycles. The quantitative estimate of drug-likeness (QED) is 0.780. The van der Waals surface area contributed by atoms with Crippen LogP contribution in [0.5, 0.6) is 5.75 Å². The Balaban J connectivity index is 2.11. The van der Waals surface area contributed by atoms with Gasteiger partial charge in [-0.3, -0.25) is 0 Å². The molecule has 0 unspecified atom stereocenters. The molecule has 1 saturated heterocycles. The molecule has 0 amide bonds. The summed E-state index contributed by atoms with van der Waals surface area (Å²) in [4.78, 5) is 4.47. The van der Waals surface area contributed by atoms with Crippen LogP contribution in [0.15, 0.2) is 22.7 Å². The van der Waals surface area contributed by atoms with Crippen LogP contribution in [-0.4, -0.2) is 44.7 Å². The van der Waals surface area contributed by atoms with Gasteiger partial charge in [-0.05, 0) is 13.1 Å². The number of ether oxygens (including phenoxy) is 1. The Morgan fingerprint density at radius 3 is 2.24 bits per heavy atom. The zero-order valence-corrected chi connectivity index (χ0v) is 14.6. The summed E-state index contributed by atoms with van der Waals surface area (Å²) in [5, 5.41) is 1.17. The van der Waals surface area contributed by atoms with E-state index in [1.807, 2.05) is 0 Å².